The van der Waals surface area contributed by atoms with E-state index >= 15 is 0 Å². The van der Waals surface area contributed by atoms with Crippen LogP contribution in [0, 0.1) is 5.92 Å². The third kappa shape index (κ3) is 3.41. The molecule has 1 aliphatic heterocycles. The first-order valence-electron chi connectivity index (χ1n) is 7.57. The van der Waals surface area contributed by atoms with Gasteiger partial charge in [0.25, 0.3) is 0 Å². The van der Waals surface area contributed by atoms with Gasteiger partial charge in [0.15, 0.2) is 0 Å². The van der Waals surface area contributed by atoms with Crippen LogP contribution in [0.1, 0.15) is 12.8 Å². The van der Waals surface area contributed by atoms with Crippen molar-refractivity contribution in [2.45, 2.75) is 19.0 Å². The minimum absolute atomic E-state index is 0.000101. The smallest absolute Gasteiger partial charge is 0.393 e. The molecule has 1 saturated heterocycles. The van der Waals surface area contributed by atoms with E-state index in [0.29, 0.717) is 18.7 Å². The Balaban J connectivity index is 1.89. The number of hydrogen-bond acceptors (Lipinski definition) is 3. The van der Waals surface area contributed by atoms with Gasteiger partial charge >= 0.3 is 6.18 Å². The number of nitrogen functional groups attached to an aromatic ring is 1. The van der Waals surface area contributed by atoms with Crippen LogP contribution in [0.15, 0.2) is 42.7 Å². The van der Waals surface area contributed by atoms with Crippen molar-refractivity contribution in [2.75, 3.05) is 23.7 Å². The number of pyridine rings is 1. The second-order valence-electron chi connectivity index (χ2n) is 5.84. The Labute approximate surface area is 132 Å². The van der Waals surface area contributed by atoms with E-state index in [0.717, 1.165) is 16.8 Å². The van der Waals surface area contributed by atoms with Gasteiger partial charge in [0.05, 0.1) is 5.92 Å². The van der Waals surface area contributed by atoms with E-state index in [4.69, 9.17) is 5.73 Å². The van der Waals surface area contributed by atoms with Crippen molar-refractivity contribution in [2.24, 2.45) is 5.92 Å². The normalized spacial score (nSPS) is 18.9. The lowest BCUT2D eigenvalue weighted by Gasteiger charge is -2.35. The average Bonchev–Trinajstić information content (AvgIpc) is 2.55. The van der Waals surface area contributed by atoms with E-state index in [1.807, 2.05) is 18.2 Å². The number of anilines is 2. The molecule has 3 nitrogen and oxygen atoms in total. The second-order valence-corrected chi connectivity index (χ2v) is 5.84. The molecule has 6 heteroatoms. The minimum atomic E-state index is -4.14. The molecule has 0 aliphatic carbocycles. The first-order valence-corrected chi connectivity index (χ1v) is 7.57. The molecule has 0 radical (unpaired) electrons. The van der Waals surface area contributed by atoms with Crippen LogP contribution in [0.2, 0.25) is 0 Å². The highest BCUT2D eigenvalue weighted by atomic mass is 19.4. The molecule has 1 aliphatic rings. The molecule has 2 heterocycles. The number of benzene rings is 1. The highest BCUT2D eigenvalue weighted by molar-refractivity contribution is 5.79. The largest absolute Gasteiger partial charge is 0.398 e. The summed E-state index contributed by atoms with van der Waals surface area (Å²) < 4.78 is 39.0. The summed E-state index contributed by atoms with van der Waals surface area (Å²) in [5.74, 6) is -1.27. The quantitative estimate of drug-likeness (QED) is 0.847. The molecule has 0 amide bonds. The van der Waals surface area contributed by atoms with Crippen LogP contribution in [-0.2, 0) is 0 Å². The summed E-state index contributed by atoms with van der Waals surface area (Å²) in [7, 11) is 0. The third-order valence-corrected chi connectivity index (χ3v) is 4.26. The molecule has 3 rings (SSSR count). The number of piperidine rings is 1. The van der Waals surface area contributed by atoms with Crippen molar-refractivity contribution in [3.05, 3.63) is 42.7 Å². The number of halogens is 3. The maximum absolute atomic E-state index is 13.0. The van der Waals surface area contributed by atoms with Crippen molar-refractivity contribution in [3.63, 3.8) is 0 Å². The molecule has 0 saturated carbocycles. The Kier molecular flexibility index (Phi) is 4.15. The van der Waals surface area contributed by atoms with Gasteiger partial charge in [0, 0.05) is 48.0 Å². The summed E-state index contributed by atoms with van der Waals surface area (Å²) in [5.41, 5.74) is 9.03. The van der Waals surface area contributed by atoms with Gasteiger partial charge in [-0.3, -0.25) is 4.98 Å². The van der Waals surface area contributed by atoms with Gasteiger partial charge in [-0.05, 0) is 37.1 Å². The summed E-state index contributed by atoms with van der Waals surface area (Å²) in [6, 6.07) is 9.08. The van der Waals surface area contributed by atoms with Crippen LogP contribution < -0.4 is 10.6 Å². The number of hydrogen-bond donors (Lipinski definition) is 1. The molecule has 0 bridgehead atoms. The molecule has 1 unspecified atom stereocenters. The maximum Gasteiger partial charge on any atom is 0.393 e. The number of nitrogens with zero attached hydrogens (tertiary/aromatic N) is 2. The standard InChI is InChI=1S/C17H18F3N3/c18-17(19,20)13-4-2-8-23(11-13)14-5-6-16(21)15(9-14)12-3-1-7-22-10-12/h1,3,5-7,9-10,13H,2,4,8,11,21H2. The molecule has 1 atom stereocenters. The van der Waals surface area contributed by atoms with Crippen molar-refractivity contribution in [3.8, 4) is 11.1 Å². The lowest BCUT2D eigenvalue weighted by Crippen LogP contribution is -2.41. The topological polar surface area (TPSA) is 42.1 Å². The number of alkyl halides is 3. The maximum atomic E-state index is 13.0. The lowest BCUT2D eigenvalue weighted by atomic mass is 9.96. The second kappa shape index (κ2) is 6.10. The van der Waals surface area contributed by atoms with E-state index in [2.05, 4.69) is 4.98 Å². The van der Waals surface area contributed by atoms with Gasteiger partial charge in [0.1, 0.15) is 0 Å². The van der Waals surface area contributed by atoms with Gasteiger partial charge in [-0.15, -0.1) is 0 Å². The molecule has 2 aromatic rings. The highest BCUT2D eigenvalue weighted by Gasteiger charge is 2.41. The summed E-state index contributed by atoms with van der Waals surface area (Å²) in [4.78, 5) is 5.86. The zero-order chi connectivity index (χ0) is 16.4. The van der Waals surface area contributed by atoms with Crippen molar-refractivity contribution >= 4 is 11.4 Å². The molecule has 23 heavy (non-hydrogen) atoms. The molecular formula is C17H18F3N3. The van der Waals surface area contributed by atoms with Crippen LogP contribution in [0.3, 0.4) is 0 Å². The van der Waals surface area contributed by atoms with Gasteiger partial charge in [-0.1, -0.05) is 6.07 Å². The summed E-state index contributed by atoms with van der Waals surface area (Å²) in [6.45, 7) is 0.628. The van der Waals surface area contributed by atoms with Crippen LogP contribution in [0.25, 0.3) is 11.1 Å². The fourth-order valence-corrected chi connectivity index (χ4v) is 2.99. The Morgan fingerprint density at radius 2 is 2.04 bits per heavy atom. The first kappa shape index (κ1) is 15.6. The van der Waals surface area contributed by atoms with E-state index in [-0.39, 0.29) is 13.0 Å². The van der Waals surface area contributed by atoms with E-state index in [1.165, 1.54) is 0 Å². The summed E-state index contributed by atoms with van der Waals surface area (Å²) in [6.07, 6.45) is -0.0355. The van der Waals surface area contributed by atoms with Gasteiger partial charge in [-0.2, -0.15) is 13.2 Å². The van der Waals surface area contributed by atoms with E-state index in [1.54, 1.807) is 29.4 Å². The van der Waals surface area contributed by atoms with Crippen molar-refractivity contribution in [1.82, 2.24) is 4.98 Å². The summed E-state index contributed by atoms with van der Waals surface area (Å²) in [5, 5.41) is 0. The predicted molar refractivity (Wildman–Crippen MR) is 85.1 cm³/mol. The molecule has 1 aromatic carbocycles. The Morgan fingerprint density at radius 3 is 2.74 bits per heavy atom. The summed E-state index contributed by atoms with van der Waals surface area (Å²) >= 11 is 0. The predicted octanol–water partition coefficient (Wildman–Crippen LogP) is 4.11. The van der Waals surface area contributed by atoms with Crippen LogP contribution in [0.4, 0.5) is 24.5 Å². The zero-order valence-corrected chi connectivity index (χ0v) is 12.6. The average molecular weight is 321 g/mol. The Bertz CT molecular complexity index is 671. The zero-order valence-electron chi connectivity index (χ0n) is 12.6. The third-order valence-electron chi connectivity index (χ3n) is 4.26. The first-order chi connectivity index (χ1) is 10.9. The fraction of sp³-hybridized carbons (Fsp3) is 0.353. The molecule has 1 aromatic heterocycles. The van der Waals surface area contributed by atoms with Gasteiger partial charge in [0.2, 0.25) is 0 Å². The van der Waals surface area contributed by atoms with Gasteiger partial charge < -0.3 is 10.6 Å². The number of nitrogens with two attached hydrogens (primary N) is 1. The van der Waals surface area contributed by atoms with Crippen molar-refractivity contribution < 1.29 is 13.2 Å². The molecule has 0 spiro atoms. The molecule has 2 N–H and O–H groups in total. The fourth-order valence-electron chi connectivity index (χ4n) is 2.99. The van der Waals surface area contributed by atoms with E-state index < -0.39 is 12.1 Å². The number of aromatic nitrogens is 1. The highest BCUT2D eigenvalue weighted by Crippen LogP contribution is 2.36. The Hall–Kier alpha value is -2.24. The van der Waals surface area contributed by atoms with Crippen LogP contribution >= 0.6 is 0 Å². The van der Waals surface area contributed by atoms with E-state index in [9.17, 15) is 13.2 Å². The van der Waals surface area contributed by atoms with Crippen LogP contribution in [-0.4, -0.2) is 24.2 Å². The molecular weight excluding hydrogens is 303 g/mol. The van der Waals surface area contributed by atoms with Crippen molar-refractivity contribution in [1.29, 1.82) is 0 Å². The Morgan fingerprint density at radius 1 is 1.22 bits per heavy atom. The van der Waals surface area contributed by atoms with Crippen LogP contribution in [0.5, 0.6) is 0 Å². The van der Waals surface area contributed by atoms with Gasteiger partial charge in [-0.25, -0.2) is 0 Å². The lowest BCUT2D eigenvalue weighted by molar-refractivity contribution is -0.175. The monoisotopic (exact) mass is 321 g/mol. The SMILES string of the molecule is Nc1ccc(N2CCCC(C(F)(F)F)C2)cc1-c1cccnc1. The molecule has 122 valence electrons. The number of rotatable bonds is 2. The molecule has 1 fully saturated rings. The minimum Gasteiger partial charge on any atom is -0.398 e.